The van der Waals surface area contributed by atoms with Crippen molar-refractivity contribution in [2.75, 3.05) is 18.8 Å². The van der Waals surface area contributed by atoms with Gasteiger partial charge >= 0.3 is 0 Å². The summed E-state index contributed by atoms with van der Waals surface area (Å²) in [4.78, 5) is 18.4. The van der Waals surface area contributed by atoms with Crippen LogP contribution in [-0.4, -0.2) is 34.6 Å². The van der Waals surface area contributed by atoms with Gasteiger partial charge in [0.25, 0.3) is 0 Å². The van der Waals surface area contributed by atoms with E-state index in [1.807, 2.05) is 40.9 Å². The Balaban J connectivity index is 1.58. The third kappa shape index (κ3) is 3.67. The van der Waals surface area contributed by atoms with Crippen molar-refractivity contribution in [1.82, 2.24) is 9.88 Å². The van der Waals surface area contributed by atoms with E-state index in [-0.39, 0.29) is 5.91 Å². The monoisotopic (exact) mass is 302 g/mol. The third-order valence-electron chi connectivity index (χ3n) is 3.63. The van der Waals surface area contributed by atoms with Crippen molar-refractivity contribution in [3.8, 4) is 0 Å². The second kappa shape index (κ2) is 6.80. The van der Waals surface area contributed by atoms with E-state index in [0.29, 0.717) is 11.7 Å². The molecule has 0 aliphatic carbocycles. The Morgan fingerprint density at radius 3 is 3.10 bits per heavy atom. The molecule has 1 saturated heterocycles. The second-order valence-corrected chi connectivity index (χ2v) is 6.39. The molecule has 1 aliphatic rings. The van der Waals surface area contributed by atoms with E-state index in [0.717, 1.165) is 36.6 Å². The summed E-state index contributed by atoms with van der Waals surface area (Å²) in [6.45, 7) is 1.60. The minimum atomic E-state index is 0.184. The Kier molecular flexibility index (Phi) is 4.60. The van der Waals surface area contributed by atoms with Crippen LogP contribution in [0, 0.1) is 0 Å². The Morgan fingerprint density at radius 2 is 2.33 bits per heavy atom. The van der Waals surface area contributed by atoms with Crippen molar-refractivity contribution in [1.29, 1.82) is 0 Å². The van der Waals surface area contributed by atoms with Gasteiger partial charge in [-0.3, -0.25) is 9.78 Å². The van der Waals surface area contributed by atoms with Crippen LogP contribution in [0.3, 0.4) is 0 Å². The van der Waals surface area contributed by atoms with Crippen molar-refractivity contribution in [3.05, 3.63) is 54.2 Å². The van der Waals surface area contributed by atoms with Crippen LogP contribution in [0.2, 0.25) is 0 Å². The Bertz CT molecular complexity index is 571. The lowest BCUT2D eigenvalue weighted by atomic mass is 10.2. The highest BCUT2D eigenvalue weighted by atomic mass is 32.2. The molecule has 0 radical (unpaired) electrons. The highest BCUT2D eigenvalue weighted by Gasteiger charge is 2.23. The molecule has 0 saturated carbocycles. The van der Waals surface area contributed by atoms with Crippen molar-refractivity contribution < 1.29 is 9.21 Å². The summed E-state index contributed by atoms with van der Waals surface area (Å²) in [6, 6.07) is 7.76. The van der Waals surface area contributed by atoms with Crippen LogP contribution in [0.15, 0.2) is 47.3 Å². The highest BCUT2D eigenvalue weighted by molar-refractivity contribution is 7.99. The lowest BCUT2D eigenvalue weighted by molar-refractivity contribution is -0.130. The molecule has 2 aromatic rings. The van der Waals surface area contributed by atoms with E-state index < -0.39 is 0 Å². The van der Waals surface area contributed by atoms with Crippen molar-refractivity contribution in [2.45, 2.75) is 18.1 Å². The average Bonchev–Trinajstić information content (AvgIpc) is 2.93. The molecule has 4 nitrogen and oxygen atoms in total. The molecule has 1 fully saturated rings. The molecule has 0 aromatic carbocycles. The zero-order valence-corrected chi connectivity index (χ0v) is 12.6. The van der Waals surface area contributed by atoms with Crippen LogP contribution in [0.1, 0.15) is 23.0 Å². The standard InChI is InChI=1S/C16H18N2O2S/c19-16(11-13-3-1-6-17-12-13)18-7-5-15(21-10-8-18)14-4-2-9-20-14/h1-4,6,9,12,15H,5,7-8,10-11H2/t15-/m1/s1. The summed E-state index contributed by atoms with van der Waals surface area (Å²) in [6.07, 6.45) is 6.58. The van der Waals surface area contributed by atoms with Gasteiger partial charge in [0.2, 0.25) is 5.91 Å². The van der Waals surface area contributed by atoms with Gasteiger partial charge in [0, 0.05) is 31.2 Å². The van der Waals surface area contributed by atoms with Crippen molar-refractivity contribution in [2.24, 2.45) is 0 Å². The first kappa shape index (κ1) is 14.2. The van der Waals surface area contributed by atoms with E-state index in [9.17, 15) is 4.79 Å². The van der Waals surface area contributed by atoms with Crippen LogP contribution in [0.4, 0.5) is 0 Å². The van der Waals surface area contributed by atoms with E-state index in [4.69, 9.17) is 4.42 Å². The zero-order valence-electron chi connectivity index (χ0n) is 11.8. The summed E-state index contributed by atoms with van der Waals surface area (Å²) >= 11 is 1.87. The molecule has 21 heavy (non-hydrogen) atoms. The van der Waals surface area contributed by atoms with Gasteiger partial charge in [-0.2, -0.15) is 0 Å². The number of hydrogen-bond acceptors (Lipinski definition) is 4. The summed E-state index contributed by atoms with van der Waals surface area (Å²) < 4.78 is 5.49. The molecule has 1 amide bonds. The third-order valence-corrected chi connectivity index (χ3v) is 4.92. The molecular formula is C16H18N2O2S. The molecule has 1 aliphatic heterocycles. The highest BCUT2D eigenvalue weighted by Crippen LogP contribution is 2.34. The summed E-state index contributed by atoms with van der Waals surface area (Å²) in [5.74, 6) is 2.15. The number of rotatable bonds is 3. The fraction of sp³-hybridized carbons (Fsp3) is 0.375. The number of carbonyl (C=O) groups excluding carboxylic acids is 1. The minimum Gasteiger partial charge on any atom is -0.468 e. The summed E-state index contributed by atoms with van der Waals surface area (Å²) in [5.41, 5.74) is 0.974. The lowest BCUT2D eigenvalue weighted by Gasteiger charge is -2.20. The van der Waals surface area contributed by atoms with E-state index in [1.165, 1.54) is 0 Å². The Hall–Kier alpha value is -1.75. The normalized spacial score (nSPS) is 19.2. The van der Waals surface area contributed by atoms with Crippen LogP contribution < -0.4 is 0 Å². The number of aromatic nitrogens is 1. The van der Waals surface area contributed by atoms with Gasteiger partial charge in [-0.15, -0.1) is 11.8 Å². The SMILES string of the molecule is O=C(Cc1cccnc1)N1CCS[C@@H](c2ccco2)CC1. The quantitative estimate of drug-likeness (QED) is 0.874. The molecule has 110 valence electrons. The largest absolute Gasteiger partial charge is 0.468 e. The van der Waals surface area contributed by atoms with Gasteiger partial charge in [0.1, 0.15) is 5.76 Å². The average molecular weight is 302 g/mol. The van der Waals surface area contributed by atoms with Gasteiger partial charge in [-0.25, -0.2) is 0 Å². The predicted molar refractivity (Wildman–Crippen MR) is 83.0 cm³/mol. The number of hydrogen-bond donors (Lipinski definition) is 0. The maximum Gasteiger partial charge on any atom is 0.227 e. The molecule has 3 heterocycles. The number of nitrogens with zero attached hydrogens (tertiary/aromatic N) is 2. The minimum absolute atomic E-state index is 0.184. The van der Waals surface area contributed by atoms with Gasteiger partial charge in [0.15, 0.2) is 0 Å². The first-order chi connectivity index (χ1) is 10.3. The Labute approximate surface area is 128 Å². The molecule has 1 atom stereocenters. The molecule has 0 N–H and O–H groups in total. The van der Waals surface area contributed by atoms with Crippen LogP contribution in [0.5, 0.6) is 0 Å². The van der Waals surface area contributed by atoms with E-state index in [2.05, 4.69) is 4.98 Å². The van der Waals surface area contributed by atoms with E-state index >= 15 is 0 Å². The molecule has 0 unspecified atom stereocenters. The zero-order chi connectivity index (χ0) is 14.5. The maximum atomic E-state index is 12.4. The van der Waals surface area contributed by atoms with Gasteiger partial charge in [-0.05, 0) is 30.2 Å². The van der Waals surface area contributed by atoms with E-state index in [1.54, 1.807) is 18.7 Å². The molecule has 2 aromatic heterocycles. The van der Waals surface area contributed by atoms with Crippen LogP contribution in [-0.2, 0) is 11.2 Å². The van der Waals surface area contributed by atoms with Crippen molar-refractivity contribution in [3.63, 3.8) is 0 Å². The Morgan fingerprint density at radius 1 is 1.38 bits per heavy atom. The number of thioether (sulfide) groups is 1. The molecule has 0 spiro atoms. The summed E-state index contributed by atoms with van der Waals surface area (Å²) in [7, 11) is 0. The second-order valence-electron chi connectivity index (χ2n) is 5.08. The molecule has 3 rings (SSSR count). The number of amides is 1. The smallest absolute Gasteiger partial charge is 0.227 e. The number of carbonyl (C=O) groups is 1. The fourth-order valence-electron chi connectivity index (χ4n) is 2.51. The van der Waals surface area contributed by atoms with Gasteiger partial charge in [-0.1, -0.05) is 6.07 Å². The molecular weight excluding hydrogens is 284 g/mol. The predicted octanol–water partition coefficient (Wildman–Crippen LogP) is 2.92. The first-order valence-electron chi connectivity index (χ1n) is 7.14. The first-order valence-corrected chi connectivity index (χ1v) is 8.19. The maximum absolute atomic E-state index is 12.4. The van der Waals surface area contributed by atoms with Gasteiger partial charge < -0.3 is 9.32 Å². The topological polar surface area (TPSA) is 46.3 Å². The molecule has 0 bridgehead atoms. The van der Waals surface area contributed by atoms with Crippen molar-refractivity contribution >= 4 is 17.7 Å². The lowest BCUT2D eigenvalue weighted by Crippen LogP contribution is -2.34. The van der Waals surface area contributed by atoms with Crippen LogP contribution >= 0.6 is 11.8 Å². The molecule has 5 heteroatoms. The fourth-order valence-corrected chi connectivity index (χ4v) is 3.69. The number of furan rings is 1. The number of pyridine rings is 1. The summed E-state index contributed by atoms with van der Waals surface area (Å²) in [5, 5.41) is 0.358. The van der Waals surface area contributed by atoms with Gasteiger partial charge in [0.05, 0.1) is 17.9 Å². The van der Waals surface area contributed by atoms with Crippen LogP contribution in [0.25, 0.3) is 0 Å².